The number of nitrogens with zero attached hydrogens (tertiary/aromatic N) is 1. The summed E-state index contributed by atoms with van der Waals surface area (Å²) in [6.45, 7) is 0. The van der Waals surface area contributed by atoms with Crippen molar-refractivity contribution in [2.45, 2.75) is 0 Å². The standard InChI is InChI=1S/C20H15N3O2S/c24-17-11-10-14(22-20(25)21-13-6-2-1-3-7-13)12-15(17)19-23-16-8-4-5-9-18(16)26-19/h1-12,24H,(H2,21,22,25). The highest BCUT2D eigenvalue weighted by Crippen LogP contribution is 2.36. The molecule has 6 heteroatoms. The third kappa shape index (κ3) is 3.36. The largest absolute Gasteiger partial charge is 0.507 e. The Kier molecular flexibility index (Phi) is 4.25. The van der Waals surface area contributed by atoms with Crippen molar-refractivity contribution in [1.29, 1.82) is 0 Å². The van der Waals surface area contributed by atoms with Gasteiger partial charge in [-0.3, -0.25) is 0 Å². The molecule has 1 aromatic heterocycles. The van der Waals surface area contributed by atoms with Gasteiger partial charge in [0.15, 0.2) is 0 Å². The second-order valence-electron chi connectivity index (χ2n) is 5.66. The Labute approximate surface area is 154 Å². The molecular weight excluding hydrogens is 346 g/mol. The predicted molar refractivity (Wildman–Crippen MR) is 106 cm³/mol. The number of urea groups is 1. The highest BCUT2D eigenvalue weighted by Gasteiger charge is 2.12. The molecule has 128 valence electrons. The van der Waals surface area contributed by atoms with Crippen molar-refractivity contribution in [1.82, 2.24) is 4.98 Å². The number of benzene rings is 3. The first-order chi connectivity index (χ1) is 12.7. The van der Waals surface area contributed by atoms with Gasteiger partial charge in [0.25, 0.3) is 0 Å². The monoisotopic (exact) mass is 361 g/mol. The molecule has 0 saturated heterocycles. The number of hydrogen-bond acceptors (Lipinski definition) is 4. The van der Waals surface area contributed by atoms with Crippen LogP contribution in [-0.4, -0.2) is 16.1 Å². The fourth-order valence-electron chi connectivity index (χ4n) is 2.59. The molecule has 0 unspecified atom stereocenters. The van der Waals surface area contributed by atoms with Gasteiger partial charge in [-0.1, -0.05) is 30.3 Å². The first-order valence-corrected chi connectivity index (χ1v) is 8.83. The number of phenolic OH excluding ortho intramolecular Hbond substituents is 1. The maximum atomic E-state index is 12.2. The van der Waals surface area contributed by atoms with Gasteiger partial charge < -0.3 is 15.7 Å². The van der Waals surface area contributed by atoms with Gasteiger partial charge in [0, 0.05) is 11.4 Å². The van der Waals surface area contributed by atoms with Crippen molar-refractivity contribution in [3.05, 3.63) is 72.8 Å². The number of anilines is 2. The number of hydrogen-bond donors (Lipinski definition) is 3. The van der Waals surface area contributed by atoms with E-state index in [0.29, 0.717) is 21.9 Å². The van der Waals surface area contributed by atoms with Crippen LogP contribution in [0, 0.1) is 0 Å². The average molecular weight is 361 g/mol. The third-order valence-corrected chi connectivity index (χ3v) is 4.88. The number of nitrogens with one attached hydrogen (secondary N) is 2. The maximum absolute atomic E-state index is 12.2. The highest BCUT2D eigenvalue weighted by atomic mass is 32.1. The molecular formula is C20H15N3O2S. The summed E-state index contributed by atoms with van der Waals surface area (Å²) in [7, 11) is 0. The van der Waals surface area contributed by atoms with Crippen LogP contribution in [0.25, 0.3) is 20.8 Å². The molecule has 5 nitrogen and oxygen atoms in total. The van der Waals surface area contributed by atoms with Crippen molar-refractivity contribution in [2.75, 3.05) is 10.6 Å². The van der Waals surface area contributed by atoms with E-state index in [2.05, 4.69) is 15.6 Å². The van der Waals surface area contributed by atoms with Crippen molar-refractivity contribution < 1.29 is 9.90 Å². The molecule has 4 rings (SSSR count). The van der Waals surface area contributed by atoms with E-state index in [-0.39, 0.29) is 11.8 Å². The minimum Gasteiger partial charge on any atom is -0.507 e. The molecule has 0 aliphatic rings. The highest BCUT2D eigenvalue weighted by molar-refractivity contribution is 7.21. The number of aromatic hydroxyl groups is 1. The molecule has 0 atom stereocenters. The summed E-state index contributed by atoms with van der Waals surface area (Å²) in [5, 5.41) is 16.5. The molecule has 1 heterocycles. The van der Waals surface area contributed by atoms with E-state index in [1.165, 1.54) is 11.3 Å². The van der Waals surface area contributed by atoms with Crippen molar-refractivity contribution in [3.63, 3.8) is 0 Å². The molecule has 26 heavy (non-hydrogen) atoms. The number of carbonyl (C=O) groups excluding carboxylic acids is 1. The Morgan fingerprint density at radius 1 is 0.885 bits per heavy atom. The van der Waals surface area contributed by atoms with Crippen LogP contribution < -0.4 is 10.6 Å². The molecule has 4 aromatic rings. The van der Waals surface area contributed by atoms with Crippen molar-refractivity contribution in [3.8, 4) is 16.3 Å². The minimum absolute atomic E-state index is 0.123. The van der Waals surface area contributed by atoms with Gasteiger partial charge in [0.2, 0.25) is 0 Å². The van der Waals surface area contributed by atoms with Crippen LogP contribution in [0.3, 0.4) is 0 Å². The van der Waals surface area contributed by atoms with Crippen LogP contribution in [0.15, 0.2) is 72.8 Å². The molecule has 0 bridgehead atoms. The molecule has 0 aliphatic carbocycles. The lowest BCUT2D eigenvalue weighted by Gasteiger charge is -2.09. The molecule has 0 fully saturated rings. The lowest BCUT2D eigenvalue weighted by atomic mass is 10.2. The Morgan fingerprint density at radius 2 is 1.62 bits per heavy atom. The Bertz CT molecular complexity index is 1040. The van der Waals surface area contributed by atoms with Crippen molar-refractivity contribution >= 4 is 39.0 Å². The van der Waals surface area contributed by atoms with E-state index in [4.69, 9.17) is 0 Å². The van der Waals surface area contributed by atoms with Crippen LogP contribution in [0.5, 0.6) is 5.75 Å². The van der Waals surface area contributed by atoms with Gasteiger partial charge >= 0.3 is 6.03 Å². The Morgan fingerprint density at radius 3 is 2.42 bits per heavy atom. The van der Waals surface area contributed by atoms with Gasteiger partial charge in [0.05, 0.1) is 15.8 Å². The zero-order valence-corrected chi connectivity index (χ0v) is 14.5. The smallest absolute Gasteiger partial charge is 0.323 e. The zero-order valence-electron chi connectivity index (χ0n) is 13.6. The quantitative estimate of drug-likeness (QED) is 0.433. The van der Waals surface area contributed by atoms with E-state index >= 15 is 0 Å². The van der Waals surface area contributed by atoms with E-state index < -0.39 is 0 Å². The number of thiazole rings is 1. The number of para-hydroxylation sites is 2. The van der Waals surface area contributed by atoms with Gasteiger partial charge in [-0.15, -0.1) is 11.3 Å². The SMILES string of the molecule is O=C(Nc1ccccc1)Nc1ccc(O)c(-c2nc3ccccc3s2)c1. The first-order valence-electron chi connectivity index (χ1n) is 8.01. The Balaban J connectivity index is 1.59. The maximum Gasteiger partial charge on any atom is 0.323 e. The number of amides is 2. The van der Waals surface area contributed by atoms with Crippen LogP contribution in [-0.2, 0) is 0 Å². The molecule has 0 aliphatic heterocycles. The Hall–Kier alpha value is -3.38. The summed E-state index contributed by atoms with van der Waals surface area (Å²) >= 11 is 1.50. The van der Waals surface area contributed by atoms with E-state index in [1.807, 2.05) is 54.6 Å². The van der Waals surface area contributed by atoms with E-state index in [9.17, 15) is 9.90 Å². The lowest BCUT2D eigenvalue weighted by molar-refractivity contribution is 0.262. The van der Waals surface area contributed by atoms with Gasteiger partial charge in [0.1, 0.15) is 10.8 Å². The minimum atomic E-state index is -0.350. The summed E-state index contributed by atoms with van der Waals surface area (Å²) in [5.74, 6) is 0.123. The van der Waals surface area contributed by atoms with Crippen LogP contribution >= 0.6 is 11.3 Å². The van der Waals surface area contributed by atoms with Gasteiger partial charge in [-0.05, 0) is 42.5 Å². The normalized spacial score (nSPS) is 10.6. The third-order valence-electron chi connectivity index (χ3n) is 3.81. The van der Waals surface area contributed by atoms with Gasteiger partial charge in [-0.2, -0.15) is 0 Å². The van der Waals surface area contributed by atoms with Crippen molar-refractivity contribution in [2.24, 2.45) is 0 Å². The number of rotatable bonds is 3. The first kappa shape index (κ1) is 16.1. The predicted octanol–water partition coefficient (Wildman–Crippen LogP) is 5.31. The lowest BCUT2D eigenvalue weighted by Crippen LogP contribution is -2.19. The van der Waals surface area contributed by atoms with Crippen LogP contribution in [0.1, 0.15) is 0 Å². The molecule has 3 aromatic carbocycles. The zero-order chi connectivity index (χ0) is 17.9. The molecule has 0 spiro atoms. The second-order valence-corrected chi connectivity index (χ2v) is 6.69. The van der Waals surface area contributed by atoms with E-state index in [1.54, 1.807) is 18.2 Å². The summed E-state index contributed by atoms with van der Waals surface area (Å²) < 4.78 is 1.04. The molecule has 2 amide bonds. The molecule has 3 N–H and O–H groups in total. The van der Waals surface area contributed by atoms with Crippen LogP contribution in [0.4, 0.5) is 16.2 Å². The summed E-state index contributed by atoms with van der Waals surface area (Å²) in [6.07, 6.45) is 0. The molecule has 0 saturated carbocycles. The van der Waals surface area contributed by atoms with Gasteiger partial charge in [-0.25, -0.2) is 9.78 Å². The topological polar surface area (TPSA) is 74.2 Å². The summed E-state index contributed by atoms with van der Waals surface area (Å²) in [5.41, 5.74) is 2.75. The fraction of sp³-hybridized carbons (Fsp3) is 0. The summed E-state index contributed by atoms with van der Waals surface area (Å²) in [4.78, 5) is 16.7. The number of aromatic nitrogens is 1. The number of phenols is 1. The van der Waals surface area contributed by atoms with E-state index in [0.717, 1.165) is 10.2 Å². The second kappa shape index (κ2) is 6.85. The fourth-order valence-corrected chi connectivity index (χ4v) is 3.58. The number of fused-ring (bicyclic) bond motifs is 1. The summed E-state index contributed by atoms with van der Waals surface area (Å²) in [6, 6.07) is 21.6. The average Bonchev–Trinajstić information content (AvgIpc) is 3.08. The molecule has 0 radical (unpaired) electrons. The van der Waals surface area contributed by atoms with Crippen LogP contribution in [0.2, 0.25) is 0 Å². The number of carbonyl (C=O) groups is 1.